The Morgan fingerprint density at radius 1 is 0.825 bits per heavy atom. The molecule has 0 saturated carbocycles. The number of rotatable bonds is 8. The standard InChI is InChI=1S/C27H48O13/c1-25(2,3)12-27(7,26(4,5)6)24(34)35-9-8-15-36-11-14-21(39-15)18(31)20(33)23(38-14)40-22-19(32)17(30)16(29)13(10-28)37-22/h13-23,28-33H,8-12H2,1-7H3. The van der Waals surface area contributed by atoms with E-state index in [0.717, 1.165) is 0 Å². The van der Waals surface area contributed by atoms with E-state index in [1.165, 1.54) is 0 Å². The molecule has 0 aromatic heterocycles. The lowest BCUT2D eigenvalue weighted by atomic mass is 9.61. The summed E-state index contributed by atoms with van der Waals surface area (Å²) >= 11 is 0. The van der Waals surface area contributed by atoms with Crippen molar-refractivity contribution >= 4 is 5.97 Å². The smallest absolute Gasteiger partial charge is 0.312 e. The van der Waals surface area contributed by atoms with E-state index in [4.69, 9.17) is 28.4 Å². The molecule has 13 heteroatoms. The number of ether oxygens (including phenoxy) is 6. The molecule has 3 saturated heterocycles. The molecule has 6 N–H and O–H groups in total. The van der Waals surface area contributed by atoms with Crippen molar-refractivity contribution in [2.45, 2.75) is 129 Å². The molecule has 0 radical (unpaired) electrons. The Balaban J connectivity index is 1.54. The van der Waals surface area contributed by atoms with Gasteiger partial charge in [0.1, 0.15) is 48.8 Å². The van der Waals surface area contributed by atoms with E-state index < -0.39 is 79.7 Å². The van der Waals surface area contributed by atoms with Crippen LogP contribution in [0.15, 0.2) is 0 Å². The van der Waals surface area contributed by atoms with Gasteiger partial charge in [-0.15, -0.1) is 0 Å². The van der Waals surface area contributed by atoms with Gasteiger partial charge in [0, 0.05) is 6.42 Å². The van der Waals surface area contributed by atoms with Gasteiger partial charge in [-0.3, -0.25) is 4.79 Å². The van der Waals surface area contributed by atoms with Gasteiger partial charge in [-0.2, -0.15) is 0 Å². The maximum absolute atomic E-state index is 13.2. The number of carbonyl (C=O) groups excluding carboxylic acids is 1. The number of carbonyl (C=O) groups is 1. The Morgan fingerprint density at radius 3 is 2.00 bits per heavy atom. The van der Waals surface area contributed by atoms with E-state index in [1.807, 2.05) is 27.7 Å². The summed E-state index contributed by atoms with van der Waals surface area (Å²) in [6, 6.07) is 0. The van der Waals surface area contributed by atoms with Gasteiger partial charge in [-0.1, -0.05) is 41.5 Å². The largest absolute Gasteiger partial charge is 0.465 e. The van der Waals surface area contributed by atoms with Crippen LogP contribution in [0.1, 0.15) is 61.3 Å². The van der Waals surface area contributed by atoms with E-state index in [2.05, 4.69) is 20.8 Å². The second kappa shape index (κ2) is 12.7. The van der Waals surface area contributed by atoms with Gasteiger partial charge in [0.15, 0.2) is 18.9 Å². The van der Waals surface area contributed by atoms with E-state index in [-0.39, 0.29) is 36.4 Å². The summed E-state index contributed by atoms with van der Waals surface area (Å²) in [6.45, 7) is 13.5. The summed E-state index contributed by atoms with van der Waals surface area (Å²) in [5, 5.41) is 60.9. The molecular formula is C27H48O13. The van der Waals surface area contributed by atoms with Crippen LogP contribution in [0.2, 0.25) is 0 Å². The van der Waals surface area contributed by atoms with Gasteiger partial charge < -0.3 is 59.1 Å². The van der Waals surface area contributed by atoms with E-state index in [1.54, 1.807) is 0 Å². The van der Waals surface area contributed by atoms with Crippen LogP contribution in [0.4, 0.5) is 0 Å². The molecule has 3 aliphatic rings. The predicted octanol–water partition coefficient (Wildman–Crippen LogP) is -0.587. The number of aliphatic hydroxyl groups is 6. The third kappa shape index (κ3) is 7.32. The van der Waals surface area contributed by atoms with Crippen LogP contribution in [0.5, 0.6) is 0 Å². The molecule has 3 rings (SSSR count). The summed E-state index contributed by atoms with van der Waals surface area (Å²) in [4.78, 5) is 13.2. The number of aliphatic hydroxyl groups excluding tert-OH is 6. The normalized spacial score (nSPS) is 40.7. The lowest BCUT2D eigenvalue weighted by molar-refractivity contribution is -0.398. The van der Waals surface area contributed by atoms with E-state index in [0.29, 0.717) is 6.42 Å². The molecule has 0 aromatic carbocycles. The second-order valence-corrected chi connectivity index (χ2v) is 13.5. The number of esters is 1. The minimum atomic E-state index is -1.71. The van der Waals surface area contributed by atoms with Crippen molar-refractivity contribution in [3.05, 3.63) is 0 Å². The SMILES string of the molecule is CC(C)(C)CC(C)(C(=O)OCCC1OCC2OC(OC3OC(CO)C(O)C(O)C3O)C(O)C(O)C2O1)C(C)(C)C. The van der Waals surface area contributed by atoms with E-state index >= 15 is 0 Å². The van der Waals surface area contributed by atoms with Gasteiger partial charge in [0.05, 0.1) is 25.2 Å². The average Bonchev–Trinajstić information content (AvgIpc) is 2.85. The van der Waals surface area contributed by atoms with Crippen molar-refractivity contribution in [3.8, 4) is 0 Å². The maximum Gasteiger partial charge on any atom is 0.312 e. The molecule has 12 atom stereocenters. The highest BCUT2D eigenvalue weighted by molar-refractivity contribution is 5.77. The average molecular weight is 581 g/mol. The highest BCUT2D eigenvalue weighted by atomic mass is 16.8. The summed E-state index contributed by atoms with van der Waals surface area (Å²) in [7, 11) is 0. The summed E-state index contributed by atoms with van der Waals surface area (Å²) in [6.07, 6.45) is -14.2. The fourth-order valence-electron chi connectivity index (χ4n) is 5.31. The molecule has 3 fully saturated rings. The first-order chi connectivity index (χ1) is 18.4. The summed E-state index contributed by atoms with van der Waals surface area (Å²) < 4.78 is 33.7. The lowest BCUT2D eigenvalue weighted by Gasteiger charge is -2.48. The van der Waals surface area contributed by atoms with Crippen molar-refractivity contribution in [2.75, 3.05) is 19.8 Å². The molecule has 0 aliphatic carbocycles. The molecule has 13 nitrogen and oxygen atoms in total. The molecule has 12 unspecified atom stereocenters. The zero-order valence-electron chi connectivity index (χ0n) is 24.4. The lowest BCUT2D eigenvalue weighted by Crippen LogP contribution is -2.65. The fourth-order valence-corrected chi connectivity index (χ4v) is 5.31. The molecule has 234 valence electrons. The molecule has 40 heavy (non-hydrogen) atoms. The van der Waals surface area contributed by atoms with Crippen LogP contribution in [-0.2, 0) is 33.2 Å². The Bertz CT molecular complexity index is 837. The van der Waals surface area contributed by atoms with Crippen molar-refractivity contribution in [1.82, 2.24) is 0 Å². The first-order valence-electron chi connectivity index (χ1n) is 13.8. The van der Waals surface area contributed by atoms with Gasteiger partial charge in [0.2, 0.25) is 0 Å². The third-order valence-corrected chi connectivity index (χ3v) is 8.09. The molecule has 3 aliphatic heterocycles. The molecule has 0 spiro atoms. The Hall–Kier alpha value is -0.970. The topological polar surface area (TPSA) is 194 Å². The summed E-state index contributed by atoms with van der Waals surface area (Å²) in [5.74, 6) is -0.312. The highest BCUT2D eigenvalue weighted by Gasteiger charge is 2.52. The number of hydrogen-bond acceptors (Lipinski definition) is 13. The van der Waals surface area contributed by atoms with Crippen LogP contribution in [0.25, 0.3) is 0 Å². The fraction of sp³-hybridized carbons (Fsp3) is 0.963. The van der Waals surface area contributed by atoms with Gasteiger partial charge in [-0.25, -0.2) is 0 Å². The first-order valence-corrected chi connectivity index (χ1v) is 13.8. The molecule has 0 amide bonds. The van der Waals surface area contributed by atoms with Crippen LogP contribution in [0, 0.1) is 16.2 Å². The Labute approximate surface area is 235 Å². The minimum Gasteiger partial charge on any atom is -0.465 e. The van der Waals surface area contributed by atoms with Gasteiger partial charge in [-0.05, 0) is 24.2 Å². The Kier molecular flexibility index (Phi) is 10.7. The number of hydrogen-bond donors (Lipinski definition) is 6. The minimum absolute atomic E-state index is 0.0268. The summed E-state index contributed by atoms with van der Waals surface area (Å²) in [5.41, 5.74) is -1.15. The predicted molar refractivity (Wildman–Crippen MR) is 137 cm³/mol. The van der Waals surface area contributed by atoms with Crippen LogP contribution < -0.4 is 0 Å². The van der Waals surface area contributed by atoms with Crippen LogP contribution in [-0.4, -0.2) is 124 Å². The molecular weight excluding hydrogens is 532 g/mol. The molecule has 0 bridgehead atoms. The maximum atomic E-state index is 13.2. The van der Waals surface area contributed by atoms with Crippen molar-refractivity contribution in [3.63, 3.8) is 0 Å². The number of fused-ring (bicyclic) bond motifs is 1. The quantitative estimate of drug-likeness (QED) is 0.200. The molecule has 0 aromatic rings. The van der Waals surface area contributed by atoms with Crippen molar-refractivity contribution < 1.29 is 63.9 Å². The molecule has 3 heterocycles. The Morgan fingerprint density at radius 2 is 1.43 bits per heavy atom. The zero-order valence-corrected chi connectivity index (χ0v) is 24.4. The first kappa shape index (κ1) is 33.5. The monoisotopic (exact) mass is 580 g/mol. The van der Waals surface area contributed by atoms with Gasteiger partial charge >= 0.3 is 5.97 Å². The van der Waals surface area contributed by atoms with Gasteiger partial charge in [0.25, 0.3) is 0 Å². The van der Waals surface area contributed by atoms with Crippen molar-refractivity contribution in [2.24, 2.45) is 16.2 Å². The van der Waals surface area contributed by atoms with Crippen LogP contribution >= 0.6 is 0 Å². The van der Waals surface area contributed by atoms with E-state index in [9.17, 15) is 35.4 Å². The highest BCUT2D eigenvalue weighted by Crippen LogP contribution is 2.47. The third-order valence-electron chi connectivity index (χ3n) is 8.09. The van der Waals surface area contributed by atoms with Crippen molar-refractivity contribution in [1.29, 1.82) is 0 Å². The van der Waals surface area contributed by atoms with Crippen LogP contribution in [0.3, 0.4) is 0 Å². The second-order valence-electron chi connectivity index (χ2n) is 13.5. The zero-order chi connectivity index (χ0) is 30.2.